The van der Waals surface area contributed by atoms with Crippen LogP contribution in [0.5, 0.6) is 0 Å². The molecule has 12 heteroatoms. The van der Waals surface area contributed by atoms with Crippen LogP contribution < -0.4 is 21.1 Å². The topological polar surface area (TPSA) is 135 Å². The van der Waals surface area contributed by atoms with E-state index >= 15 is 0 Å². The number of ether oxygens (including phenoxy) is 1. The molecule has 9 nitrogen and oxygen atoms in total. The van der Waals surface area contributed by atoms with Crippen molar-refractivity contribution in [3.8, 4) is 0 Å². The van der Waals surface area contributed by atoms with Crippen molar-refractivity contribution in [2.24, 2.45) is 5.73 Å². The van der Waals surface area contributed by atoms with Crippen LogP contribution in [0.4, 0.5) is 26.0 Å². The molecule has 0 spiro atoms. The van der Waals surface area contributed by atoms with Gasteiger partial charge in [-0.3, -0.25) is 4.79 Å². The molecule has 0 bridgehead atoms. The van der Waals surface area contributed by atoms with Gasteiger partial charge in [-0.2, -0.15) is 0 Å². The van der Waals surface area contributed by atoms with Gasteiger partial charge < -0.3 is 21.1 Å². The second-order valence-electron chi connectivity index (χ2n) is 7.54. The molecular formula is C23H25F2N5O4S. The molecule has 186 valence electrons. The Morgan fingerprint density at radius 1 is 1.09 bits per heavy atom. The molecule has 1 amide bonds. The van der Waals surface area contributed by atoms with Crippen LogP contribution in [-0.4, -0.2) is 39.6 Å². The molecule has 0 saturated carbocycles. The highest BCUT2D eigenvalue weighted by atomic mass is 32.2. The first kappa shape index (κ1) is 26.0. The smallest absolute Gasteiger partial charge is 0.240 e. The van der Waals surface area contributed by atoms with Gasteiger partial charge in [0.2, 0.25) is 15.9 Å². The van der Waals surface area contributed by atoms with Crippen molar-refractivity contribution in [2.45, 2.75) is 17.9 Å². The number of nitrogens with one attached hydrogen (secondary N) is 3. The third kappa shape index (κ3) is 7.70. The van der Waals surface area contributed by atoms with Crippen LogP contribution in [0.3, 0.4) is 0 Å². The quantitative estimate of drug-likeness (QED) is 0.278. The SMILES string of the molecule is COCCNS(=O)(=O)c1ccc(Nc2cc(NCc3cc(F)cc(F)c3)c(CC(N)=O)cn2)cc1. The number of pyridine rings is 1. The van der Waals surface area contributed by atoms with Gasteiger partial charge in [-0.25, -0.2) is 26.9 Å². The average Bonchev–Trinajstić information content (AvgIpc) is 2.78. The number of benzene rings is 2. The number of nitrogens with zero attached hydrogens (tertiary/aromatic N) is 1. The van der Waals surface area contributed by atoms with Crippen LogP contribution in [0.15, 0.2) is 59.6 Å². The number of aromatic nitrogens is 1. The minimum atomic E-state index is -3.67. The van der Waals surface area contributed by atoms with Crippen molar-refractivity contribution < 1.29 is 26.7 Å². The zero-order valence-electron chi connectivity index (χ0n) is 18.8. The number of hydrogen-bond acceptors (Lipinski definition) is 7. The summed E-state index contributed by atoms with van der Waals surface area (Å²) in [7, 11) is -2.19. The van der Waals surface area contributed by atoms with Crippen LogP contribution in [0, 0.1) is 11.6 Å². The summed E-state index contributed by atoms with van der Waals surface area (Å²) in [6.07, 6.45) is 1.37. The van der Waals surface area contributed by atoms with Gasteiger partial charge in [0.1, 0.15) is 17.5 Å². The molecule has 35 heavy (non-hydrogen) atoms. The number of sulfonamides is 1. The number of hydrogen-bond donors (Lipinski definition) is 4. The van der Waals surface area contributed by atoms with E-state index in [9.17, 15) is 22.0 Å². The lowest BCUT2D eigenvalue weighted by Crippen LogP contribution is -2.27. The van der Waals surface area contributed by atoms with Crippen LogP contribution in [0.25, 0.3) is 0 Å². The van der Waals surface area contributed by atoms with Crippen molar-refractivity contribution in [3.05, 3.63) is 77.5 Å². The van der Waals surface area contributed by atoms with Gasteiger partial charge in [-0.1, -0.05) is 0 Å². The monoisotopic (exact) mass is 505 g/mol. The minimum absolute atomic E-state index is 0.0875. The molecule has 1 aromatic heterocycles. The van der Waals surface area contributed by atoms with Gasteiger partial charge in [0.05, 0.1) is 17.9 Å². The highest BCUT2D eigenvalue weighted by Gasteiger charge is 2.14. The lowest BCUT2D eigenvalue weighted by Gasteiger charge is -2.14. The summed E-state index contributed by atoms with van der Waals surface area (Å²) in [6, 6.07) is 10.8. The first-order chi connectivity index (χ1) is 16.7. The molecule has 3 rings (SSSR count). The molecule has 0 fully saturated rings. The van der Waals surface area contributed by atoms with E-state index in [-0.39, 0.29) is 31.0 Å². The minimum Gasteiger partial charge on any atom is -0.383 e. The standard InChI is InChI=1S/C23H25F2N5O4S/c1-34-7-6-29-35(32,33)20-4-2-19(3-5-20)30-23-12-21(16(14-28-23)10-22(26)31)27-13-15-8-17(24)11-18(25)9-15/h2-5,8-9,11-12,14,29H,6-7,10,13H2,1H3,(H2,26,31)(H2,27,28,30). The molecule has 0 aliphatic carbocycles. The first-order valence-corrected chi connectivity index (χ1v) is 12.0. The fourth-order valence-electron chi connectivity index (χ4n) is 3.18. The number of amides is 1. The lowest BCUT2D eigenvalue weighted by atomic mass is 10.1. The average molecular weight is 506 g/mol. The van der Waals surface area contributed by atoms with Crippen molar-refractivity contribution >= 4 is 33.1 Å². The predicted molar refractivity (Wildman–Crippen MR) is 128 cm³/mol. The molecule has 0 saturated heterocycles. The summed E-state index contributed by atoms with van der Waals surface area (Å²) in [5.41, 5.74) is 7.25. The van der Waals surface area contributed by atoms with Gasteiger partial charge in [0, 0.05) is 55.5 Å². The number of anilines is 3. The molecule has 0 aliphatic heterocycles. The fraction of sp³-hybridized carbons (Fsp3) is 0.217. The van der Waals surface area contributed by atoms with Gasteiger partial charge in [0.25, 0.3) is 0 Å². The van der Waals surface area contributed by atoms with Crippen LogP contribution in [0.1, 0.15) is 11.1 Å². The van der Waals surface area contributed by atoms with Crippen LogP contribution in [-0.2, 0) is 32.5 Å². The van der Waals surface area contributed by atoms with E-state index in [4.69, 9.17) is 10.5 Å². The maximum atomic E-state index is 13.5. The number of carbonyl (C=O) groups is 1. The number of halogens is 2. The first-order valence-electron chi connectivity index (χ1n) is 10.5. The van der Waals surface area contributed by atoms with Crippen LogP contribution in [0.2, 0.25) is 0 Å². The summed E-state index contributed by atoms with van der Waals surface area (Å²) in [4.78, 5) is 15.8. The number of carbonyl (C=O) groups excluding carboxylic acids is 1. The van der Waals surface area contributed by atoms with Gasteiger partial charge in [-0.05, 0) is 42.0 Å². The lowest BCUT2D eigenvalue weighted by molar-refractivity contribution is -0.117. The molecule has 0 aliphatic rings. The molecule has 3 aromatic rings. The Bertz CT molecular complexity index is 1270. The summed E-state index contributed by atoms with van der Waals surface area (Å²) < 4.78 is 58.8. The third-order valence-electron chi connectivity index (χ3n) is 4.79. The molecule has 0 unspecified atom stereocenters. The van der Waals surface area contributed by atoms with Crippen molar-refractivity contribution in [3.63, 3.8) is 0 Å². The Morgan fingerprint density at radius 2 is 1.77 bits per heavy atom. The van der Waals surface area contributed by atoms with E-state index in [1.807, 2.05) is 0 Å². The molecule has 1 heterocycles. The summed E-state index contributed by atoms with van der Waals surface area (Å²) in [6.45, 7) is 0.492. The molecule has 2 aromatic carbocycles. The second-order valence-corrected chi connectivity index (χ2v) is 9.31. The Hall–Kier alpha value is -3.61. The fourth-order valence-corrected chi connectivity index (χ4v) is 4.20. The van der Waals surface area contributed by atoms with E-state index in [2.05, 4.69) is 20.3 Å². The van der Waals surface area contributed by atoms with E-state index < -0.39 is 27.6 Å². The summed E-state index contributed by atoms with van der Waals surface area (Å²) in [5, 5.41) is 6.10. The molecule has 0 atom stereocenters. The Balaban J connectivity index is 1.76. The highest BCUT2D eigenvalue weighted by Crippen LogP contribution is 2.24. The molecule has 0 radical (unpaired) electrons. The maximum Gasteiger partial charge on any atom is 0.240 e. The van der Waals surface area contributed by atoms with Gasteiger partial charge >= 0.3 is 0 Å². The van der Waals surface area contributed by atoms with E-state index in [1.165, 1.54) is 37.6 Å². The predicted octanol–water partition coefficient (Wildman–Crippen LogP) is 2.67. The largest absolute Gasteiger partial charge is 0.383 e. The van der Waals surface area contributed by atoms with Gasteiger partial charge in [0.15, 0.2) is 0 Å². The Labute approximate surface area is 201 Å². The summed E-state index contributed by atoms with van der Waals surface area (Å²) in [5.74, 6) is -1.57. The number of nitrogens with two attached hydrogens (primary N) is 1. The van der Waals surface area contributed by atoms with Crippen molar-refractivity contribution in [1.82, 2.24) is 9.71 Å². The van der Waals surface area contributed by atoms with Crippen LogP contribution >= 0.6 is 0 Å². The highest BCUT2D eigenvalue weighted by molar-refractivity contribution is 7.89. The molecule has 5 N–H and O–H groups in total. The Morgan fingerprint density at radius 3 is 2.40 bits per heavy atom. The number of primary amides is 1. The number of methoxy groups -OCH3 is 1. The van der Waals surface area contributed by atoms with E-state index in [0.29, 0.717) is 28.3 Å². The number of rotatable bonds is 12. The second kappa shape index (κ2) is 11.7. The third-order valence-corrected chi connectivity index (χ3v) is 6.27. The normalized spacial score (nSPS) is 11.3. The zero-order valence-corrected chi connectivity index (χ0v) is 19.7. The van der Waals surface area contributed by atoms with Crippen molar-refractivity contribution in [2.75, 3.05) is 30.9 Å². The van der Waals surface area contributed by atoms with Crippen molar-refractivity contribution in [1.29, 1.82) is 0 Å². The maximum absolute atomic E-state index is 13.5. The Kier molecular flexibility index (Phi) is 8.68. The van der Waals surface area contributed by atoms with Gasteiger partial charge in [-0.15, -0.1) is 0 Å². The van der Waals surface area contributed by atoms with E-state index in [0.717, 1.165) is 6.07 Å². The zero-order chi connectivity index (χ0) is 25.4. The van der Waals surface area contributed by atoms with E-state index in [1.54, 1.807) is 18.2 Å². The molecular weight excluding hydrogens is 480 g/mol. The summed E-state index contributed by atoms with van der Waals surface area (Å²) >= 11 is 0.